The van der Waals surface area contributed by atoms with Crippen LogP contribution in [-0.4, -0.2) is 21.4 Å². The van der Waals surface area contributed by atoms with E-state index in [2.05, 4.69) is 10.0 Å². The van der Waals surface area contributed by atoms with E-state index < -0.39 is 26.6 Å². The van der Waals surface area contributed by atoms with Crippen molar-refractivity contribution < 1.29 is 26.7 Å². The molecule has 0 aliphatic rings. The van der Waals surface area contributed by atoms with Crippen molar-refractivity contribution in [2.75, 3.05) is 17.1 Å². The van der Waals surface area contributed by atoms with Gasteiger partial charge in [-0.15, -0.1) is 0 Å². The van der Waals surface area contributed by atoms with Gasteiger partial charge in [0, 0.05) is 11.4 Å². The number of benzene rings is 3. The SMILES string of the molecule is COc1cccc(CC(=O)Nc2ccc(NS(=O)(=O)c3ccc(F)c(F)c3)cc2)c1. The van der Waals surface area contributed by atoms with Crippen molar-refractivity contribution in [2.24, 2.45) is 0 Å². The summed E-state index contributed by atoms with van der Waals surface area (Å²) in [4.78, 5) is 11.8. The van der Waals surface area contributed by atoms with E-state index in [-0.39, 0.29) is 18.0 Å². The van der Waals surface area contributed by atoms with Crippen molar-refractivity contribution in [3.05, 3.63) is 83.9 Å². The Hall–Kier alpha value is -3.46. The lowest BCUT2D eigenvalue weighted by molar-refractivity contribution is -0.115. The minimum Gasteiger partial charge on any atom is -0.497 e. The summed E-state index contributed by atoms with van der Waals surface area (Å²) in [6.45, 7) is 0. The lowest BCUT2D eigenvalue weighted by Gasteiger charge is -2.10. The molecular weight excluding hydrogens is 414 g/mol. The molecule has 0 aliphatic carbocycles. The fourth-order valence-corrected chi connectivity index (χ4v) is 3.72. The van der Waals surface area contributed by atoms with Gasteiger partial charge in [-0.25, -0.2) is 17.2 Å². The number of methoxy groups -OCH3 is 1. The molecule has 3 aromatic rings. The van der Waals surface area contributed by atoms with Gasteiger partial charge in [-0.3, -0.25) is 9.52 Å². The van der Waals surface area contributed by atoms with Crippen LogP contribution in [0.1, 0.15) is 5.56 Å². The summed E-state index contributed by atoms with van der Waals surface area (Å²) in [5.74, 6) is -1.99. The van der Waals surface area contributed by atoms with Crippen LogP contribution >= 0.6 is 0 Å². The van der Waals surface area contributed by atoms with Crippen LogP contribution in [0.2, 0.25) is 0 Å². The van der Waals surface area contributed by atoms with Crippen LogP contribution in [0.15, 0.2) is 71.6 Å². The number of hydrogen-bond acceptors (Lipinski definition) is 4. The molecule has 0 aliphatic heterocycles. The maximum absolute atomic E-state index is 13.3. The molecule has 156 valence electrons. The third kappa shape index (κ3) is 5.32. The molecule has 0 fully saturated rings. The summed E-state index contributed by atoms with van der Waals surface area (Å²) < 4.78 is 58.3. The lowest BCUT2D eigenvalue weighted by atomic mass is 10.1. The Morgan fingerprint density at radius 1 is 0.933 bits per heavy atom. The Morgan fingerprint density at radius 3 is 2.30 bits per heavy atom. The highest BCUT2D eigenvalue weighted by molar-refractivity contribution is 7.92. The third-order valence-corrected chi connectivity index (χ3v) is 5.50. The maximum atomic E-state index is 13.3. The van der Waals surface area contributed by atoms with Crippen LogP contribution in [0, 0.1) is 11.6 Å². The van der Waals surface area contributed by atoms with Crippen molar-refractivity contribution in [1.82, 2.24) is 0 Å². The number of nitrogens with one attached hydrogen (secondary N) is 2. The highest BCUT2D eigenvalue weighted by atomic mass is 32.2. The predicted molar refractivity (Wildman–Crippen MR) is 109 cm³/mol. The molecule has 6 nitrogen and oxygen atoms in total. The average molecular weight is 432 g/mol. The van der Waals surface area contributed by atoms with Gasteiger partial charge in [0.15, 0.2) is 11.6 Å². The van der Waals surface area contributed by atoms with Gasteiger partial charge in [-0.1, -0.05) is 12.1 Å². The molecule has 0 heterocycles. The van der Waals surface area contributed by atoms with E-state index >= 15 is 0 Å². The fraction of sp³-hybridized carbons (Fsp3) is 0.0952. The first kappa shape index (κ1) is 21.3. The van der Waals surface area contributed by atoms with E-state index in [1.54, 1.807) is 31.4 Å². The molecule has 3 aromatic carbocycles. The molecule has 0 atom stereocenters. The summed E-state index contributed by atoms with van der Waals surface area (Å²) in [6, 6.07) is 15.4. The van der Waals surface area contributed by atoms with E-state index in [0.717, 1.165) is 17.7 Å². The van der Waals surface area contributed by atoms with Crippen LogP contribution in [0.3, 0.4) is 0 Å². The maximum Gasteiger partial charge on any atom is 0.261 e. The zero-order chi connectivity index (χ0) is 21.7. The number of halogens is 2. The molecule has 0 spiro atoms. The van der Waals surface area contributed by atoms with Crippen LogP contribution < -0.4 is 14.8 Å². The van der Waals surface area contributed by atoms with Gasteiger partial charge in [0.05, 0.1) is 18.4 Å². The number of rotatable bonds is 7. The van der Waals surface area contributed by atoms with Crippen molar-refractivity contribution in [3.63, 3.8) is 0 Å². The summed E-state index contributed by atoms with van der Waals surface area (Å²) in [5, 5.41) is 2.72. The highest BCUT2D eigenvalue weighted by Gasteiger charge is 2.16. The lowest BCUT2D eigenvalue weighted by Crippen LogP contribution is -2.15. The fourth-order valence-electron chi connectivity index (χ4n) is 2.65. The normalized spacial score (nSPS) is 11.0. The largest absolute Gasteiger partial charge is 0.497 e. The first-order valence-electron chi connectivity index (χ1n) is 8.77. The molecule has 0 saturated heterocycles. The molecule has 9 heteroatoms. The molecule has 30 heavy (non-hydrogen) atoms. The predicted octanol–water partition coefficient (Wildman–Crippen LogP) is 3.96. The molecule has 0 saturated carbocycles. The molecule has 1 amide bonds. The Balaban J connectivity index is 1.64. The second-order valence-electron chi connectivity index (χ2n) is 6.34. The van der Waals surface area contributed by atoms with E-state index in [4.69, 9.17) is 4.74 Å². The number of amides is 1. The van der Waals surface area contributed by atoms with Gasteiger partial charge in [-0.2, -0.15) is 0 Å². The minimum absolute atomic E-state index is 0.141. The van der Waals surface area contributed by atoms with Gasteiger partial charge in [0.25, 0.3) is 10.0 Å². The number of ether oxygens (including phenoxy) is 1. The Morgan fingerprint density at radius 2 is 1.63 bits per heavy atom. The molecular formula is C21H18F2N2O4S. The number of carbonyl (C=O) groups excluding carboxylic acids is 1. The monoisotopic (exact) mass is 432 g/mol. The topological polar surface area (TPSA) is 84.5 Å². The van der Waals surface area contributed by atoms with Gasteiger partial charge in [-0.05, 0) is 60.2 Å². The van der Waals surface area contributed by atoms with Crippen LogP contribution in [-0.2, 0) is 21.2 Å². The Kier molecular flexibility index (Phi) is 6.31. The highest BCUT2D eigenvalue weighted by Crippen LogP contribution is 2.20. The molecule has 0 bridgehead atoms. The first-order valence-corrected chi connectivity index (χ1v) is 10.3. The summed E-state index contributed by atoms with van der Waals surface area (Å²) in [6.07, 6.45) is 0.141. The quantitative estimate of drug-likeness (QED) is 0.592. The molecule has 2 N–H and O–H groups in total. The second kappa shape index (κ2) is 8.91. The van der Waals surface area contributed by atoms with Gasteiger partial charge in [0.1, 0.15) is 5.75 Å². The molecule has 3 rings (SSSR count). The number of hydrogen-bond donors (Lipinski definition) is 2. The van der Waals surface area contributed by atoms with Gasteiger partial charge in [0.2, 0.25) is 5.91 Å². The number of sulfonamides is 1. The zero-order valence-corrected chi connectivity index (χ0v) is 16.7. The smallest absolute Gasteiger partial charge is 0.261 e. The van der Waals surface area contributed by atoms with E-state index in [0.29, 0.717) is 17.5 Å². The van der Waals surface area contributed by atoms with E-state index in [1.807, 2.05) is 0 Å². The van der Waals surface area contributed by atoms with Crippen LogP contribution in [0.5, 0.6) is 5.75 Å². The third-order valence-electron chi connectivity index (χ3n) is 4.12. The summed E-state index contributed by atoms with van der Waals surface area (Å²) >= 11 is 0. The van der Waals surface area contributed by atoms with Gasteiger partial charge >= 0.3 is 0 Å². The second-order valence-corrected chi connectivity index (χ2v) is 8.02. The van der Waals surface area contributed by atoms with E-state index in [9.17, 15) is 22.0 Å². The number of carbonyl (C=O) groups is 1. The van der Waals surface area contributed by atoms with Crippen LogP contribution in [0.4, 0.5) is 20.2 Å². The van der Waals surface area contributed by atoms with Crippen molar-refractivity contribution in [1.29, 1.82) is 0 Å². The molecule has 0 unspecified atom stereocenters. The average Bonchev–Trinajstić information content (AvgIpc) is 2.71. The minimum atomic E-state index is -4.09. The number of anilines is 2. The zero-order valence-electron chi connectivity index (χ0n) is 15.9. The first-order chi connectivity index (χ1) is 14.3. The van der Waals surface area contributed by atoms with Crippen LogP contribution in [0.25, 0.3) is 0 Å². The standard InChI is InChI=1S/C21H18F2N2O4S/c1-29-17-4-2-3-14(11-17)12-21(26)24-15-5-7-16(8-6-15)25-30(27,28)18-9-10-19(22)20(23)13-18/h2-11,13,25H,12H2,1H3,(H,24,26). The summed E-state index contributed by atoms with van der Waals surface area (Å²) in [5.41, 5.74) is 1.45. The molecule has 0 aromatic heterocycles. The van der Waals surface area contributed by atoms with Gasteiger partial charge < -0.3 is 10.1 Å². The Bertz CT molecular complexity index is 1170. The van der Waals surface area contributed by atoms with E-state index in [1.165, 1.54) is 24.3 Å². The summed E-state index contributed by atoms with van der Waals surface area (Å²) in [7, 11) is -2.55. The Labute approximate surface area is 172 Å². The molecule has 0 radical (unpaired) electrons. The van der Waals surface area contributed by atoms with Crippen molar-refractivity contribution in [3.8, 4) is 5.75 Å². The van der Waals surface area contributed by atoms with Crippen molar-refractivity contribution >= 4 is 27.3 Å². The van der Waals surface area contributed by atoms with Crippen molar-refractivity contribution in [2.45, 2.75) is 11.3 Å².